The van der Waals surface area contributed by atoms with Crippen molar-refractivity contribution in [1.29, 1.82) is 0 Å². The minimum Gasteiger partial charge on any atom is -0.494 e. The minimum atomic E-state index is -0.000109. The molecule has 0 amide bonds. The minimum absolute atomic E-state index is 0.000109. The van der Waals surface area contributed by atoms with Gasteiger partial charge in [-0.3, -0.25) is 4.79 Å². The first-order chi connectivity index (χ1) is 13.4. The van der Waals surface area contributed by atoms with Crippen molar-refractivity contribution in [2.24, 2.45) is 0 Å². The van der Waals surface area contributed by atoms with Crippen molar-refractivity contribution >= 4 is 29.2 Å². The largest absolute Gasteiger partial charge is 0.494 e. The van der Waals surface area contributed by atoms with E-state index >= 15 is 0 Å². The van der Waals surface area contributed by atoms with Gasteiger partial charge < -0.3 is 20.8 Å². The van der Waals surface area contributed by atoms with E-state index in [1.807, 2.05) is 51.1 Å². The normalized spacial score (nSPS) is 10.8. The molecule has 1 aromatic carbocycles. The molecule has 0 radical (unpaired) electrons. The van der Waals surface area contributed by atoms with Crippen LogP contribution in [-0.2, 0) is 0 Å². The predicted molar refractivity (Wildman–Crippen MR) is 112 cm³/mol. The number of rotatable bonds is 7. The number of ether oxygens (including phenoxy) is 1. The summed E-state index contributed by atoms with van der Waals surface area (Å²) < 4.78 is 7.55. The van der Waals surface area contributed by atoms with Crippen LogP contribution in [0.5, 0.6) is 5.75 Å². The fourth-order valence-corrected chi connectivity index (χ4v) is 3.79. The van der Waals surface area contributed by atoms with Gasteiger partial charge in [-0.2, -0.15) is 0 Å². The summed E-state index contributed by atoms with van der Waals surface area (Å²) in [7, 11) is 0. The quantitative estimate of drug-likeness (QED) is 0.357. The molecule has 0 aliphatic heterocycles. The number of nitrogens with zero attached hydrogens (tertiary/aromatic N) is 3. The molecule has 0 aliphatic carbocycles. The highest BCUT2D eigenvalue weighted by Crippen LogP contribution is 2.25. The van der Waals surface area contributed by atoms with Crippen molar-refractivity contribution in [2.45, 2.75) is 25.9 Å². The molecule has 0 unspecified atom stereocenters. The number of hydrogen-bond acceptors (Lipinski definition) is 7. The van der Waals surface area contributed by atoms with Gasteiger partial charge in [0.2, 0.25) is 0 Å². The zero-order valence-corrected chi connectivity index (χ0v) is 16.9. The lowest BCUT2D eigenvalue weighted by molar-refractivity contribution is 0.102. The van der Waals surface area contributed by atoms with E-state index in [2.05, 4.69) is 14.5 Å². The van der Waals surface area contributed by atoms with Crippen LogP contribution >= 0.6 is 11.8 Å². The molecule has 0 fully saturated rings. The summed E-state index contributed by atoms with van der Waals surface area (Å²) in [4.78, 5) is 21.0. The molecule has 0 spiro atoms. The number of thioether (sulfide) groups is 1. The van der Waals surface area contributed by atoms with Crippen LogP contribution in [0.2, 0.25) is 0 Å². The molecule has 2 aromatic heterocycles. The molecular formula is C20H23N5O2S. The number of anilines is 2. The molecule has 0 aliphatic rings. The van der Waals surface area contributed by atoms with E-state index in [9.17, 15) is 4.79 Å². The Morgan fingerprint density at radius 3 is 2.36 bits per heavy atom. The summed E-state index contributed by atoms with van der Waals surface area (Å²) in [5.74, 6) is 1.60. The van der Waals surface area contributed by atoms with Crippen LogP contribution in [-0.4, -0.2) is 32.7 Å². The second-order valence-corrected chi connectivity index (χ2v) is 7.20. The molecule has 0 saturated carbocycles. The molecular weight excluding hydrogens is 374 g/mol. The van der Waals surface area contributed by atoms with E-state index in [1.165, 1.54) is 17.8 Å². The molecule has 146 valence electrons. The lowest BCUT2D eigenvalue weighted by Gasteiger charge is -2.11. The molecule has 7 nitrogen and oxygen atoms in total. The van der Waals surface area contributed by atoms with Crippen LogP contribution in [0.1, 0.15) is 28.7 Å². The number of Topliss-reactive ketones (excluding diaryl/α,β-unsaturated/α-hetero) is 1. The fourth-order valence-electron chi connectivity index (χ4n) is 3.03. The van der Waals surface area contributed by atoms with Gasteiger partial charge in [0.05, 0.1) is 12.4 Å². The lowest BCUT2D eigenvalue weighted by Crippen LogP contribution is -2.07. The number of carbonyl (C=O) groups excluding carboxylic acids is 1. The average Bonchev–Trinajstić information content (AvgIpc) is 2.94. The number of benzene rings is 1. The van der Waals surface area contributed by atoms with E-state index in [0.717, 1.165) is 22.8 Å². The van der Waals surface area contributed by atoms with Gasteiger partial charge in [0, 0.05) is 28.7 Å². The van der Waals surface area contributed by atoms with Gasteiger partial charge in [-0.15, -0.1) is 0 Å². The number of nitrogen functional groups attached to an aromatic ring is 2. The highest BCUT2D eigenvalue weighted by Gasteiger charge is 2.17. The Labute approximate surface area is 168 Å². The summed E-state index contributed by atoms with van der Waals surface area (Å²) in [6.07, 6.45) is 0. The average molecular weight is 398 g/mol. The third-order valence-electron chi connectivity index (χ3n) is 4.22. The molecule has 2 heterocycles. The van der Waals surface area contributed by atoms with Gasteiger partial charge in [0.15, 0.2) is 10.9 Å². The number of aromatic nitrogens is 3. The van der Waals surface area contributed by atoms with Crippen LogP contribution in [0, 0.1) is 13.8 Å². The van der Waals surface area contributed by atoms with Gasteiger partial charge in [-0.25, -0.2) is 9.97 Å². The Morgan fingerprint density at radius 1 is 1.11 bits per heavy atom. The van der Waals surface area contributed by atoms with Gasteiger partial charge in [0.1, 0.15) is 17.4 Å². The Morgan fingerprint density at radius 2 is 1.75 bits per heavy atom. The van der Waals surface area contributed by atoms with Gasteiger partial charge in [-0.1, -0.05) is 11.8 Å². The van der Waals surface area contributed by atoms with E-state index in [1.54, 1.807) is 0 Å². The molecule has 4 N–H and O–H groups in total. The first kappa shape index (κ1) is 19.8. The van der Waals surface area contributed by atoms with E-state index in [-0.39, 0.29) is 23.2 Å². The van der Waals surface area contributed by atoms with Gasteiger partial charge in [0.25, 0.3) is 0 Å². The number of carbonyl (C=O) groups is 1. The molecule has 0 saturated heterocycles. The molecule has 3 aromatic rings. The van der Waals surface area contributed by atoms with Crippen LogP contribution in [0.4, 0.5) is 11.6 Å². The second kappa shape index (κ2) is 8.35. The van der Waals surface area contributed by atoms with Crippen LogP contribution in [0.15, 0.2) is 41.6 Å². The van der Waals surface area contributed by atoms with Crippen molar-refractivity contribution in [3.63, 3.8) is 0 Å². The number of ketones is 1. The highest BCUT2D eigenvalue weighted by molar-refractivity contribution is 7.99. The summed E-state index contributed by atoms with van der Waals surface area (Å²) >= 11 is 1.22. The third kappa shape index (κ3) is 4.28. The van der Waals surface area contributed by atoms with E-state index in [0.29, 0.717) is 17.3 Å². The predicted octanol–water partition coefficient (Wildman–Crippen LogP) is 3.42. The SMILES string of the molecule is CCOc1ccc(-n2c(C)cc(C(=O)CSc3nc(N)cc(N)n3)c2C)cc1. The molecule has 3 rings (SSSR count). The number of aryl methyl sites for hydroxylation is 1. The van der Waals surface area contributed by atoms with Crippen LogP contribution in [0.3, 0.4) is 0 Å². The van der Waals surface area contributed by atoms with Crippen molar-refractivity contribution in [3.8, 4) is 11.4 Å². The Balaban J connectivity index is 1.79. The maximum absolute atomic E-state index is 12.8. The summed E-state index contributed by atoms with van der Waals surface area (Å²) in [6, 6.07) is 11.2. The molecule has 28 heavy (non-hydrogen) atoms. The number of hydrogen-bond donors (Lipinski definition) is 2. The fraction of sp³-hybridized carbons (Fsp3) is 0.250. The summed E-state index contributed by atoms with van der Waals surface area (Å²) in [6.45, 7) is 6.50. The molecule has 0 bridgehead atoms. The van der Waals surface area contributed by atoms with Gasteiger partial charge >= 0.3 is 0 Å². The number of nitrogens with two attached hydrogens (primary N) is 2. The van der Waals surface area contributed by atoms with Crippen molar-refractivity contribution in [1.82, 2.24) is 14.5 Å². The first-order valence-electron chi connectivity index (χ1n) is 8.87. The van der Waals surface area contributed by atoms with Gasteiger partial charge in [-0.05, 0) is 51.1 Å². The monoisotopic (exact) mass is 397 g/mol. The zero-order valence-electron chi connectivity index (χ0n) is 16.1. The molecule has 0 atom stereocenters. The van der Waals surface area contributed by atoms with Crippen molar-refractivity contribution < 1.29 is 9.53 Å². The van der Waals surface area contributed by atoms with Crippen LogP contribution < -0.4 is 16.2 Å². The maximum Gasteiger partial charge on any atom is 0.191 e. The first-order valence-corrected chi connectivity index (χ1v) is 9.85. The Bertz CT molecular complexity index is 978. The second-order valence-electron chi connectivity index (χ2n) is 6.26. The zero-order chi connectivity index (χ0) is 20.3. The summed E-state index contributed by atoms with van der Waals surface area (Å²) in [5, 5.41) is 0.395. The topological polar surface area (TPSA) is 109 Å². The van der Waals surface area contributed by atoms with Crippen LogP contribution in [0.25, 0.3) is 5.69 Å². The van der Waals surface area contributed by atoms with E-state index in [4.69, 9.17) is 16.2 Å². The lowest BCUT2D eigenvalue weighted by atomic mass is 10.2. The van der Waals surface area contributed by atoms with E-state index < -0.39 is 0 Å². The smallest absolute Gasteiger partial charge is 0.191 e. The Hall–Kier alpha value is -3.00. The summed E-state index contributed by atoms with van der Waals surface area (Å²) in [5.41, 5.74) is 14.9. The highest BCUT2D eigenvalue weighted by atomic mass is 32.2. The van der Waals surface area contributed by atoms with Crippen molar-refractivity contribution in [2.75, 3.05) is 23.8 Å². The standard InChI is InChI=1S/C20H23N5O2S/c1-4-27-15-7-5-14(6-8-15)25-12(2)9-16(13(25)3)17(26)11-28-20-23-18(21)10-19(22)24-20/h5-10H,4,11H2,1-3H3,(H4,21,22,23,24). The maximum atomic E-state index is 12.8. The van der Waals surface area contributed by atoms with Crippen molar-refractivity contribution in [3.05, 3.63) is 53.3 Å². The third-order valence-corrected chi connectivity index (χ3v) is 5.06. The Kier molecular flexibility index (Phi) is 5.89. The molecule has 8 heteroatoms.